The smallest absolute Gasteiger partial charge is 0.411 e. The number of rotatable bonds is 7. The van der Waals surface area contributed by atoms with Gasteiger partial charge in [0, 0.05) is 6.54 Å². The highest BCUT2D eigenvalue weighted by Gasteiger charge is 2.27. The minimum Gasteiger partial charge on any atom is -0.478 e. The van der Waals surface area contributed by atoms with Crippen molar-refractivity contribution in [3.8, 4) is 5.88 Å². The number of hydrogen-bond acceptors (Lipinski definition) is 5. The van der Waals surface area contributed by atoms with Gasteiger partial charge in [-0.25, -0.2) is 9.97 Å². The van der Waals surface area contributed by atoms with E-state index in [0.717, 1.165) is 0 Å². The molecule has 0 aliphatic heterocycles. The molecule has 0 fully saturated rings. The fourth-order valence-corrected chi connectivity index (χ4v) is 1.32. The van der Waals surface area contributed by atoms with Gasteiger partial charge in [-0.1, -0.05) is 0 Å². The summed E-state index contributed by atoms with van der Waals surface area (Å²) < 4.78 is 45.2. The first kappa shape index (κ1) is 15.5. The highest BCUT2D eigenvalue weighted by atomic mass is 19.4. The predicted molar refractivity (Wildman–Crippen MR) is 63.3 cm³/mol. The van der Waals surface area contributed by atoms with Crippen molar-refractivity contribution in [2.75, 3.05) is 31.7 Å². The molecule has 19 heavy (non-hydrogen) atoms. The quantitative estimate of drug-likeness (QED) is 0.775. The van der Waals surface area contributed by atoms with Crippen LogP contribution in [0.4, 0.5) is 19.0 Å². The molecule has 108 valence electrons. The summed E-state index contributed by atoms with van der Waals surface area (Å²) in [7, 11) is 0. The highest BCUT2D eigenvalue weighted by Crippen LogP contribution is 2.20. The second-order valence-electron chi connectivity index (χ2n) is 3.68. The minimum absolute atomic E-state index is 0.0626. The molecule has 0 saturated carbocycles. The van der Waals surface area contributed by atoms with E-state index in [2.05, 4.69) is 20.0 Å². The summed E-state index contributed by atoms with van der Waals surface area (Å²) in [6, 6.07) is 0. The van der Waals surface area contributed by atoms with Crippen LogP contribution < -0.4 is 10.1 Å². The molecule has 0 unspecified atom stereocenters. The van der Waals surface area contributed by atoms with Gasteiger partial charge in [0.05, 0.1) is 18.8 Å². The lowest BCUT2D eigenvalue weighted by Crippen LogP contribution is -2.20. The zero-order valence-electron chi connectivity index (χ0n) is 10.8. The summed E-state index contributed by atoms with van der Waals surface area (Å²) in [5.74, 6) is 0.977. The summed E-state index contributed by atoms with van der Waals surface area (Å²) in [6.45, 7) is 2.99. The second-order valence-corrected chi connectivity index (χ2v) is 3.68. The highest BCUT2D eigenvalue weighted by molar-refractivity contribution is 5.47. The van der Waals surface area contributed by atoms with Crippen LogP contribution in [0.5, 0.6) is 5.88 Å². The first-order valence-corrected chi connectivity index (χ1v) is 5.76. The maximum atomic E-state index is 11.8. The van der Waals surface area contributed by atoms with Crippen molar-refractivity contribution >= 4 is 5.82 Å². The average Bonchev–Trinajstić information content (AvgIpc) is 2.32. The summed E-state index contributed by atoms with van der Waals surface area (Å²) >= 11 is 0. The summed E-state index contributed by atoms with van der Waals surface area (Å²) in [5, 5.41) is 2.87. The Morgan fingerprint density at radius 2 is 2.05 bits per heavy atom. The van der Waals surface area contributed by atoms with Crippen LogP contribution in [0.2, 0.25) is 0 Å². The van der Waals surface area contributed by atoms with E-state index < -0.39 is 12.8 Å². The standard InChI is InChI=1S/C11H16F3N3O2/c1-3-19-10-8(2)9(16-7-17-10)15-4-5-18-6-11(12,13)14/h7H,3-6H2,1-2H3,(H,15,16,17). The van der Waals surface area contributed by atoms with Crippen LogP contribution in [0.25, 0.3) is 0 Å². The SMILES string of the molecule is CCOc1ncnc(NCCOCC(F)(F)F)c1C. The van der Waals surface area contributed by atoms with Crippen molar-refractivity contribution in [3.05, 3.63) is 11.9 Å². The third kappa shape index (κ3) is 5.73. The molecule has 0 aliphatic rings. The van der Waals surface area contributed by atoms with Crippen LogP contribution in [-0.4, -0.2) is 42.5 Å². The lowest BCUT2D eigenvalue weighted by molar-refractivity contribution is -0.172. The number of nitrogens with zero attached hydrogens (tertiary/aromatic N) is 2. The Hall–Kier alpha value is -1.57. The van der Waals surface area contributed by atoms with Gasteiger partial charge >= 0.3 is 6.18 Å². The lowest BCUT2D eigenvalue weighted by atomic mass is 10.3. The molecule has 0 saturated heterocycles. The monoisotopic (exact) mass is 279 g/mol. The lowest BCUT2D eigenvalue weighted by Gasteiger charge is -2.12. The third-order valence-electron chi connectivity index (χ3n) is 2.12. The number of nitrogens with one attached hydrogen (secondary N) is 1. The number of alkyl halides is 3. The van der Waals surface area contributed by atoms with Crippen LogP contribution in [-0.2, 0) is 4.74 Å². The Labute approximate surface area is 109 Å². The van der Waals surface area contributed by atoms with E-state index in [9.17, 15) is 13.2 Å². The molecule has 8 heteroatoms. The van der Waals surface area contributed by atoms with E-state index in [-0.39, 0.29) is 13.2 Å². The summed E-state index contributed by atoms with van der Waals surface area (Å²) in [6.07, 6.45) is -2.97. The Kier molecular flexibility index (Phi) is 5.81. The molecule has 0 radical (unpaired) electrons. The van der Waals surface area contributed by atoms with Crippen molar-refractivity contribution in [3.63, 3.8) is 0 Å². The fraction of sp³-hybridized carbons (Fsp3) is 0.636. The molecular formula is C11H16F3N3O2. The van der Waals surface area contributed by atoms with E-state index in [1.54, 1.807) is 6.92 Å². The molecular weight excluding hydrogens is 263 g/mol. The number of aromatic nitrogens is 2. The van der Waals surface area contributed by atoms with Crippen molar-refractivity contribution < 1.29 is 22.6 Å². The van der Waals surface area contributed by atoms with Gasteiger partial charge in [-0.05, 0) is 13.8 Å². The summed E-state index contributed by atoms with van der Waals surface area (Å²) in [5.41, 5.74) is 0.708. The zero-order valence-corrected chi connectivity index (χ0v) is 10.8. The molecule has 0 aromatic carbocycles. The van der Waals surface area contributed by atoms with E-state index in [4.69, 9.17) is 4.74 Å². The largest absolute Gasteiger partial charge is 0.478 e. The number of hydrogen-bond donors (Lipinski definition) is 1. The molecule has 1 N–H and O–H groups in total. The van der Waals surface area contributed by atoms with Crippen molar-refractivity contribution in [1.29, 1.82) is 0 Å². The van der Waals surface area contributed by atoms with Gasteiger partial charge in [-0.15, -0.1) is 0 Å². The van der Waals surface area contributed by atoms with Crippen LogP contribution in [0.1, 0.15) is 12.5 Å². The van der Waals surface area contributed by atoms with Crippen molar-refractivity contribution in [2.45, 2.75) is 20.0 Å². The Balaban J connectivity index is 2.39. The van der Waals surface area contributed by atoms with Crippen LogP contribution in [0, 0.1) is 6.92 Å². The molecule has 0 spiro atoms. The maximum Gasteiger partial charge on any atom is 0.411 e. The molecule has 1 rings (SSSR count). The molecule has 1 aromatic rings. The van der Waals surface area contributed by atoms with Gasteiger partial charge in [-0.3, -0.25) is 0 Å². The normalized spacial score (nSPS) is 11.4. The zero-order chi connectivity index (χ0) is 14.3. The predicted octanol–water partition coefficient (Wildman–Crippen LogP) is 2.17. The molecule has 0 amide bonds. The van der Waals surface area contributed by atoms with Gasteiger partial charge in [0.25, 0.3) is 0 Å². The van der Waals surface area contributed by atoms with E-state index >= 15 is 0 Å². The van der Waals surface area contributed by atoms with Gasteiger partial charge in [0.2, 0.25) is 5.88 Å². The Morgan fingerprint density at radius 1 is 1.32 bits per heavy atom. The van der Waals surface area contributed by atoms with Gasteiger partial charge in [-0.2, -0.15) is 13.2 Å². The van der Waals surface area contributed by atoms with Crippen molar-refractivity contribution in [2.24, 2.45) is 0 Å². The Morgan fingerprint density at radius 3 is 2.68 bits per heavy atom. The molecule has 0 aliphatic carbocycles. The van der Waals surface area contributed by atoms with Gasteiger partial charge in [0.1, 0.15) is 18.8 Å². The number of anilines is 1. The molecule has 0 bridgehead atoms. The first-order valence-electron chi connectivity index (χ1n) is 5.76. The molecule has 5 nitrogen and oxygen atoms in total. The number of halogens is 3. The second kappa shape index (κ2) is 7.13. The van der Waals surface area contributed by atoms with Gasteiger partial charge < -0.3 is 14.8 Å². The first-order chi connectivity index (χ1) is 8.94. The van der Waals surface area contributed by atoms with Crippen LogP contribution in [0.15, 0.2) is 6.33 Å². The number of ether oxygens (including phenoxy) is 2. The van der Waals surface area contributed by atoms with E-state index in [1.807, 2.05) is 6.92 Å². The van der Waals surface area contributed by atoms with E-state index in [0.29, 0.717) is 23.9 Å². The Bertz CT molecular complexity index is 399. The maximum absolute atomic E-state index is 11.8. The van der Waals surface area contributed by atoms with Crippen molar-refractivity contribution in [1.82, 2.24) is 9.97 Å². The average molecular weight is 279 g/mol. The van der Waals surface area contributed by atoms with Crippen LogP contribution in [0.3, 0.4) is 0 Å². The minimum atomic E-state index is -4.30. The molecule has 0 atom stereocenters. The fourth-order valence-electron chi connectivity index (χ4n) is 1.32. The molecule has 1 heterocycles. The van der Waals surface area contributed by atoms with E-state index in [1.165, 1.54) is 6.33 Å². The topological polar surface area (TPSA) is 56.3 Å². The van der Waals surface area contributed by atoms with Gasteiger partial charge in [0.15, 0.2) is 0 Å². The van der Waals surface area contributed by atoms with Crippen LogP contribution >= 0.6 is 0 Å². The summed E-state index contributed by atoms with van der Waals surface area (Å²) in [4.78, 5) is 7.94. The molecule has 1 aromatic heterocycles. The third-order valence-corrected chi connectivity index (χ3v) is 2.12.